The van der Waals surface area contributed by atoms with Gasteiger partial charge in [0.15, 0.2) is 17.2 Å². The van der Waals surface area contributed by atoms with Crippen molar-refractivity contribution in [1.29, 1.82) is 0 Å². The molecule has 1 N–H and O–H groups in total. The third-order valence-electron chi connectivity index (χ3n) is 6.09. The molecule has 0 spiro atoms. The normalized spacial score (nSPS) is 14.0. The molecule has 1 aliphatic rings. The molecule has 1 aromatic carbocycles. The highest BCUT2D eigenvalue weighted by Gasteiger charge is 2.23. The van der Waals surface area contributed by atoms with Crippen LogP contribution in [0, 0.1) is 0 Å². The minimum Gasteiger partial charge on any atom is -0.445 e. The summed E-state index contributed by atoms with van der Waals surface area (Å²) in [5.74, 6) is 1.03. The first kappa shape index (κ1) is 24.0. The zero-order chi connectivity index (χ0) is 24.9. The van der Waals surface area contributed by atoms with Gasteiger partial charge in [0, 0.05) is 37.5 Å². The first-order valence-electron chi connectivity index (χ1n) is 12.3. The Hall–Kier alpha value is -3.76. The average Bonchev–Trinajstić information content (AvgIpc) is 3.56. The Kier molecular flexibility index (Phi) is 7.24. The molecular weight excluding hydrogens is 458 g/mol. The number of fused-ring (bicyclic) bond motifs is 1. The summed E-state index contributed by atoms with van der Waals surface area (Å²) < 4.78 is 13.2. The first-order valence-corrected chi connectivity index (χ1v) is 12.3. The second kappa shape index (κ2) is 10.9. The number of carbonyl (C=O) groups is 1. The molecule has 10 nitrogen and oxygen atoms in total. The van der Waals surface area contributed by atoms with Crippen LogP contribution in [0.4, 0.5) is 5.82 Å². The van der Waals surface area contributed by atoms with Crippen LogP contribution in [0.2, 0.25) is 0 Å². The predicted octanol–water partition coefficient (Wildman–Crippen LogP) is 2.98. The highest BCUT2D eigenvalue weighted by Crippen LogP contribution is 2.29. The number of unbranched alkanes of at least 4 members (excludes halogenated alkanes) is 1. The van der Waals surface area contributed by atoms with Gasteiger partial charge in [-0.15, -0.1) is 0 Å². The molecule has 0 aliphatic carbocycles. The summed E-state index contributed by atoms with van der Waals surface area (Å²) >= 11 is 0. The number of nitrogens with one attached hydrogen (secondary N) is 1. The van der Waals surface area contributed by atoms with Crippen molar-refractivity contribution in [2.75, 3.05) is 58.4 Å². The van der Waals surface area contributed by atoms with E-state index in [1.807, 2.05) is 50.6 Å². The Morgan fingerprint density at radius 1 is 1.08 bits per heavy atom. The summed E-state index contributed by atoms with van der Waals surface area (Å²) in [5.41, 5.74) is 3.09. The van der Waals surface area contributed by atoms with Crippen molar-refractivity contribution >= 4 is 22.8 Å². The molecule has 1 saturated heterocycles. The predicted molar refractivity (Wildman–Crippen MR) is 138 cm³/mol. The fourth-order valence-electron chi connectivity index (χ4n) is 4.16. The van der Waals surface area contributed by atoms with Gasteiger partial charge in [0.25, 0.3) is 11.9 Å². The van der Waals surface area contributed by atoms with E-state index in [1.165, 1.54) is 0 Å². The molecule has 1 amide bonds. The number of carbonyl (C=O) groups excluding carboxylic acids is 1. The van der Waals surface area contributed by atoms with Crippen molar-refractivity contribution in [3.8, 4) is 17.1 Å². The van der Waals surface area contributed by atoms with Crippen LogP contribution < -0.4 is 10.2 Å². The molecule has 0 bridgehead atoms. The van der Waals surface area contributed by atoms with E-state index in [0.29, 0.717) is 55.7 Å². The molecular formula is C26H31N7O3. The molecule has 3 aromatic heterocycles. The third-order valence-corrected chi connectivity index (χ3v) is 6.09. The Morgan fingerprint density at radius 2 is 1.89 bits per heavy atom. The van der Waals surface area contributed by atoms with Gasteiger partial charge in [-0.1, -0.05) is 30.3 Å². The van der Waals surface area contributed by atoms with Crippen LogP contribution in [0.15, 0.2) is 53.2 Å². The van der Waals surface area contributed by atoms with Crippen molar-refractivity contribution in [3.63, 3.8) is 0 Å². The molecule has 0 unspecified atom stereocenters. The second-order valence-corrected chi connectivity index (χ2v) is 9.08. The van der Waals surface area contributed by atoms with Gasteiger partial charge in [0.2, 0.25) is 0 Å². The molecule has 4 aromatic rings. The largest absolute Gasteiger partial charge is 0.445 e. The number of hydrogen-bond donors (Lipinski definition) is 1. The number of morpholine rings is 1. The van der Waals surface area contributed by atoms with Gasteiger partial charge in [-0.3, -0.25) is 4.79 Å². The number of amides is 1. The number of ether oxygens (including phenoxy) is 1. The Labute approximate surface area is 209 Å². The second-order valence-electron chi connectivity index (χ2n) is 9.08. The maximum Gasteiger partial charge on any atom is 0.287 e. The Balaban J connectivity index is 1.43. The zero-order valence-electron chi connectivity index (χ0n) is 20.7. The fraction of sp³-hybridized carbons (Fsp3) is 0.385. The molecule has 10 heteroatoms. The van der Waals surface area contributed by atoms with Gasteiger partial charge < -0.3 is 24.3 Å². The average molecular weight is 490 g/mol. The molecule has 4 heterocycles. The van der Waals surface area contributed by atoms with Gasteiger partial charge in [0.1, 0.15) is 5.52 Å². The van der Waals surface area contributed by atoms with E-state index in [0.717, 1.165) is 30.5 Å². The SMILES string of the molecule is CN(C)CCCCNC(=O)c1cc2nc(-n3cc(-c4ccccc4)cn3)nc(N3CCOCC3)c2o1. The lowest BCUT2D eigenvalue weighted by Crippen LogP contribution is -2.37. The number of nitrogens with zero attached hydrogens (tertiary/aromatic N) is 6. The summed E-state index contributed by atoms with van der Waals surface area (Å²) in [6, 6.07) is 11.7. The maximum absolute atomic E-state index is 12.8. The molecule has 0 radical (unpaired) electrons. The van der Waals surface area contributed by atoms with Crippen LogP contribution in [-0.4, -0.2) is 84.0 Å². The highest BCUT2D eigenvalue weighted by atomic mass is 16.5. The van der Waals surface area contributed by atoms with Crippen LogP contribution >= 0.6 is 0 Å². The number of rotatable bonds is 9. The minimum absolute atomic E-state index is 0.226. The summed E-state index contributed by atoms with van der Waals surface area (Å²) in [4.78, 5) is 26.5. The van der Waals surface area contributed by atoms with Crippen LogP contribution in [0.5, 0.6) is 0 Å². The number of anilines is 1. The molecule has 5 rings (SSSR count). The van der Waals surface area contributed by atoms with Gasteiger partial charge in [-0.2, -0.15) is 10.1 Å². The smallest absolute Gasteiger partial charge is 0.287 e. The zero-order valence-corrected chi connectivity index (χ0v) is 20.7. The van der Waals surface area contributed by atoms with E-state index in [2.05, 4.69) is 20.2 Å². The van der Waals surface area contributed by atoms with E-state index < -0.39 is 0 Å². The summed E-state index contributed by atoms with van der Waals surface area (Å²) in [6.07, 6.45) is 5.61. The Morgan fingerprint density at radius 3 is 2.67 bits per heavy atom. The van der Waals surface area contributed by atoms with Crippen LogP contribution in [0.1, 0.15) is 23.4 Å². The van der Waals surface area contributed by atoms with Crippen molar-refractivity contribution in [2.45, 2.75) is 12.8 Å². The molecule has 0 saturated carbocycles. The minimum atomic E-state index is -0.252. The standard InChI is InChI=1S/C26H31N7O3/c1-31(2)11-7-6-10-27-25(34)22-16-21-23(36-22)24(32-12-14-35-15-13-32)30-26(29-21)33-18-20(17-28-33)19-8-4-3-5-9-19/h3-5,8-9,16-18H,6-7,10-15H2,1-2H3,(H,27,34). The fourth-order valence-corrected chi connectivity index (χ4v) is 4.16. The molecule has 1 aliphatic heterocycles. The molecule has 1 fully saturated rings. The van der Waals surface area contributed by atoms with Crippen LogP contribution in [0.25, 0.3) is 28.2 Å². The first-order chi connectivity index (χ1) is 17.6. The van der Waals surface area contributed by atoms with Gasteiger partial charge in [0.05, 0.1) is 19.4 Å². The van der Waals surface area contributed by atoms with E-state index in [-0.39, 0.29) is 11.7 Å². The van der Waals surface area contributed by atoms with Gasteiger partial charge in [-0.25, -0.2) is 9.67 Å². The monoisotopic (exact) mass is 489 g/mol. The van der Waals surface area contributed by atoms with Crippen molar-refractivity contribution in [1.82, 2.24) is 30.0 Å². The lowest BCUT2D eigenvalue weighted by atomic mass is 10.1. The maximum atomic E-state index is 12.8. The topological polar surface area (TPSA) is 102 Å². The van der Waals surface area contributed by atoms with Gasteiger partial charge >= 0.3 is 0 Å². The number of benzene rings is 1. The lowest BCUT2D eigenvalue weighted by molar-refractivity contribution is 0.0927. The van der Waals surface area contributed by atoms with E-state index >= 15 is 0 Å². The van der Waals surface area contributed by atoms with Crippen molar-refractivity contribution in [3.05, 3.63) is 54.6 Å². The van der Waals surface area contributed by atoms with Gasteiger partial charge in [-0.05, 0) is 39.0 Å². The Bertz CT molecular complexity index is 1310. The number of hydrogen-bond acceptors (Lipinski definition) is 8. The quantitative estimate of drug-likeness (QED) is 0.358. The van der Waals surface area contributed by atoms with Crippen LogP contribution in [-0.2, 0) is 4.74 Å². The van der Waals surface area contributed by atoms with Crippen LogP contribution in [0.3, 0.4) is 0 Å². The third kappa shape index (κ3) is 5.39. The molecule has 188 valence electrons. The summed E-state index contributed by atoms with van der Waals surface area (Å²) in [7, 11) is 4.08. The summed E-state index contributed by atoms with van der Waals surface area (Å²) in [6.45, 7) is 4.12. The molecule has 0 atom stereocenters. The molecule has 36 heavy (non-hydrogen) atoms. The van der Waals surface area contributed by atoms with Crippen molar-refractivity contribution in [2.24, 2.45) is 0 Å². The van der Waals surface area contributed by atoms with E-state index in [1.54, 1.807) is 16.9 Å². The van der Waals surface area contributed by atoms with Crippen molar-refractivity contribution < 1.29 is 13.9 Å². The lowest BCUT2D eigenvalue weighted by Gasteiger charge is -2.27. The highest BCUT2D eigenvalue weighted by molar-refractivity contribution is 5.97. The van der Waals surface area contributed by atoms with E-state index in [9.17, 15) is 4.79 Å². The van der Waals surface area contributed by atoms with E-state index in [4.69, 9.17) is 19.1 Å². The number of furan rings is 1. The summed E-state index contributed by atoms with van der Waals surface area (Å²) in [5, 5.41) is 7.45. The number of aromatic nitrogens is 4.